The third-order valence-corrected chi connectivity index (χ3v) is 3.18. The highest BCUT2D eigenvalue weighted by molar-refractivity contribution is 7.99. The van der Waals surface area contributed by atoms with Crippen molar-refractivity contribution in [2.24, 2.45) is 0 Å². The molecule has 0 aliphatic carbocycles. The van der Waals surface area contributed by atoms with E-state index in [-0.39, 0.29) is 0 Å². The second-order valence-electron chi connectivity index (χ2n) is 3.50. The van der Waals surface area contributed by atoms with Crippen molar-refractivity contribution in [3.05, 3.63) is 35.9 Å². The maximum absolute atomic E-state index is 11.6. The molecule has 0 N–H and O–H groups in total. The molecule has 0 unspecified atom stereocenters. The number of carbonyl (C=O) groups is 1. The molecule has 1 aromatic carbocycles. The maximum atomic E-state index is 11.6. The van der Waals surface area contributed by atoms with E-state index in [2.05, 4.69) is 6.92 Å². The molecule has 0 aliphatic heterocycles. The maximum Gasteiger partial charge on any atom is 0.137 e. The zero-order chi connectivity index (χ0) is 10.9. The van der Waals surface area contributed by atoms with Crippen LogP contribution in [0.5, 0.6) is 0 Å². The monoisotopic (exact) mass is 222 g/mol. The zero-order valence-electron chi connectivity index (χ0n) is 9.24. The van der Waals surface area contributed by atoms with Gasteiger partial charge in [-0.2, -0.15) is 11.8 Å². The van der Waals surface area contributed by atoms with Crippen molar-refractivity contribution in [3.63, 3.8) is 0 Å². The molecule has 1 rings (SSSR count). The first-order valence-corrected chi connectivity index (χ1v) is 6.61. The molecule has 2 heteroatoms. The van der Waals surface area contributed by atoms with Crippen LogP contribution in [0.1, 0.15) is 25.3 Å². The molecule has 0 heterocycles. The van der Waals surface area contributed by atoms with E-state index < -0.39 is 0 Å². The molecule has 0 spiro atoms. The molecule has 1 aromatic rings. The SMILES string of the molecule is CCSCCCC(=O)Cc1ccccc1. The second-order valence-corrected chi connectivity index (χ2v) is 4.90. The topological polar surface area (TPSA) is 17.1 Å². The Hall–Kier alpha value is -0.760. The standard InChI is InChI=1S/C13H18OS/c1-2-15-10-6-9-13(14)11-12-7-4-3-5-8-12/h3-5,7-8H,2,6,9-11H2,1H3. The lowest BCUT2D eigenvalue weighted by Crippen LogP contribution is -2.02. The van der Waals surface area contributed by atoms with Gasteiger partial charge in [0.2, 0.25) is 0 Å². The van der Waals surface area contributed by atoms with Crippen LogP contribution in [0.25, 0.3) is 0 Å². The largest absolute Gasteiger partial charge is 0.299 e. The van der Waals surface area contributed by atoms with Gasteiger partial charge in [0.1, 0.15) is 5.78 Å². The predicted molar refractivity (Wildman–Crippen MR) is 67.4 cm³/mol. The molecular formula is C13H18OS. The first-order valence-electron chi connectivity index (χ1n) is 5.46. The average Bonchev–Trinajstić information content (AvgIpc) is 2.26. The lowest BCUT2D eigenvalue weighted by atomic mass is 10.1. The smallest absolute Gasteiger partial charge is 0.137 e. The van der Waals surface area contributed by atoms with E-state index in [1.807, 2.05) is 42.1 Å². The summed E-state index contributed by atoms with van der Waals surface area (Å²) in [6.07, 6.45) is 2.34. The third kappa shape index (κ3) is 5.63. The number of hydrogen-bond acceptors (Lipinski definition) is 2. The van der Waals surface area contributed by atoms with E-state index in [9.17, 15) is 4.79 Å². The van der Waals surface area contributed by atoms with E-state index in [1.165, 1.54) is 0 Å². The van der Waals surface area contributed by atoms with Crippen molar-refractivity contribution in [3.8, 4) is 0 Å². The van der Waals surface area contributed by atoms with Gasteiger partial charge in [0.15, 0.2) is 0 Å². The van der Waals surface area contributed by atoms with Crippen LogP contribution in [0.4, 0.5) is 0 Å². The van der Waals surface area contributed by atoms with Crippen molar-refractivity contribution in [2.75, 3.05) is 11.5 Å². The molecule has 0 amide bonds. The summed E-state index contributed by atoms with van der Waals surface area (Å²) in [5.74, 6) is 2.61. The predicted octanol–water partition coefficient (Wildman–Crippen LogP) is 3.33. The minimum Gasteiger partial charge on any atom is -0.299 e. The summed E-state index contributed by atoms with van der Waals surface area (Å²) in [5.41, 5.74) is 1.13. The Morgan fingerprint density at radius 3 is 2.67 bits per heavy atom. The molecule has 0 radical (unpaired) electrons. The van der Waals surface area contributed by atoms with Gasteiger partial charge in [-0.15, -0.1) is 0 Å². The summed E-state index contributed by atoms with van der Waals surface area (Å²) in [4.78, 5) is 11.6. The van der Waals surface area contributed by atoms with Gasteiger partial charge in [0.05, 0.1) is 0 Å². The van der Waals surface area contributed by atoms with Crippen LogP contribution < -0.4 is 0 Å². The van der Waals surface area contributed by atoms with Crippen LogP contribution in [0, 0.1) is 0 Å². The van der Waals surface area contributed by atoms with E-state index in [0.717, 1.165) is 29.9 Å². The van der Waals surface area contributed by atoms with Gasteiger partial charge in [-0.25, -0.2) is 0 Å². The minimum absolute atomic E-state index is 0.359. The molecule has 0 aliphatic rings. The van der Waals surface area contributed by atoms with Gasteiger partial charge in [-0.05, 0) is 23.5 Å². The number of carbonyl (C=O) groups excluding carboxylic acids is 1. The fourth-order valence-corrected chi connectivity index (χ4v) is 2.06. The van der Waals surface area contributed by atoms with Gasteiger partial charge in [-0.3, -0.25) is 4.79 Å². The molecular weight excluding hydrogens is 204 g/mol. The number of ketones is 1. The molecule has 1 nitrogen and oxygen atoms in total. The highest BCUT2D eigenvalue weighted by atomic mass is 32.2. The van der Waals surface area contributed by atoms with Crippen LogP contribution in [-0.4, -0.2) is 17.3 Å². The van der Waals surface area contributed by atoms with Crippen molar-refractivity contribution < 1.29 is 4.79 Å². The van der Waals surface area contributed by atoms with E-state index >= 15 is 0 Å². The highest BCUT2D eigenvalue weighted by Crippen LogP contribution is 2.07. The molecule has 0 fully saturated rings. The molecule has 15 heavy (non-hydrogen) atoms. The molecule has 82 valence electrons. The van der Waals surface area contributed by atoms with Crippen LogP contribution in [0.2, 0.25) is 0 Å². The fourth-order valence-electron chi connectivity index (χ4n) is 1.43. The Balaban J connectivity index is 2.19. The Morgan fingerprint density at radius 1 is 1.27 bits per heavy atom. The number of rotatable bonds is 7. The van der Waals surface area contributed by atoms with Crippen LogP contribution in [0.15, 0.2) is 30.3 Å². The first kappa shape index (κ1) is 12.3. The van der Waals surface area contributed by atoms with Crippen molar-refractivity contribution >= 4 is 17.5 Å². The summed E-state index contributed by atoms with van der Waals surface area (Å²) >= 11 is 1.90. The number of hydrogen-bond donors (Lipinski definition) is 0. The van der Waals surface area contributed by atoms with Gasteiger partial charge < -0.3 is 0 Å². The van der Waals surface area contributed by atoms with E-state index in [0.29, 0.717) is 12.2 Å². The third-order valence-electron chi connectivity index (χ3n) is 2.19. The Bertz CT molecular complexity index is 282. The molecule has 0 aromatic heterocycles. The summed E-state index contributed by atoms with van der Waals surface area (Å²) in [5, 5.41) is 0. The number of benzene rings is 1. The lowest BCUT2D eigenvalue weighted by Gasteiger charge is -2.01. The van der Waals surface area contributed by atoms with Crippen LogP contribution in [-0.2, 0) is 11.2 Å². The fraction of sp³-hybridized carbons (Fsp3) is 0.462. The average molecular weight is 222 g/mol. The number of Topliss-reactive ketones (excluding diaryl/α,β-unsaturated/α-hetero) is 1. The summed E-state index contributed by atoms with van der Waals surface area (Å²) < 4.78 is 0. The summed E-state index contributed by atoms with van der Waals surface area (Å²) in [7, 11) is 0. The molecule has 0 saturated carbocycles. The van der Waals surface area contributed by atoms with E-state index in [1.54, 1.807) is 0 Å². The van der Waals surface area contributed by atoms with Gasteiger partial charge >= 0.3 is 0 Å². The number of thioether (sulfide) groups is 1. The van der Waals surface area contributed by atoms with Crippen molar-refractivity contribution in [2.45, 2.75) is 26.2 Å². The molecule has 0 saturated heterocycles. The van der Waals surface area contributed by atoms with Gasteiger partial charge in [0, 0.05) is 12.8 Å². The summed E-state index contributed by atoms with van der Waals surface area (Å²) in [6, 6.07) is 9.97. The van der Waals surface area contributed by atoms with Crippen molar-refractivity contribution in [1.82, 2.24) is 0 Å². The van der Waals surface area contributed by atoms with Gasteiger partial charge in [0.25, 0.3) is 0 Å². The zero-order valence-corrected chi connectivity index (χ0v) is 10.1. The highest BCUT2D eigenvalue weighted by Gasteiger charge is 2.02. The van der Waals surface area contributed by atoms with Gasteiger partial charge in [-0.1, -0.05) is 37.3 Å². The van der Waals surface area contributed by atoms with Crippen LogP contribution >= 0.6 is 11.8 Å². The van der Waals surface area contributed by atoms with Crippen molar-refractivity contribution in [1.29, 1.82) is 0 Å². The molecule has 0 bridgehead atoms. The second kappa shape index (κ2) is 7.52. The Morgan fingerprint density at radius 2 is 2.00 bits per heavy atom. The Labute approximate surface area is 96.3 Å². The lowest BCUT2D eigenvalue weighted by molar-refractivity contribution is -0.118. The van der Waals surface area contributed by atoms with Crippen LogP contribution in [0.3, 0.4) is 0 Å². The summed E-state index contributed by atoms with van der Waals surface area (Å²) in [6.45, 7) is 2.15. The van der Waals surface area contributed by atoms with E-state index in [4.69, 9.17) is 0 Å². The molecule has 0 atom stereocenters. The quantitative estimate of drug-likeness (QED) is 0.658. The minimum atomic E-state index is 0.359. The first-order chi connectivity index (χ1) is 7.33. The normalized spacial score (nSPS) is 10.2. The Kier molecular flexibility index (Phi) is 6.17.